The van der Waals surface area contributed by atoms with Crippen molar-refractivity contribution in [2.45, 2.75) is 71.2 Å². The van der Waals surface area contributed by atoms with Crippen LogP contribution in [-0.2, 0) is 9.59 Å². The summed E-state index contributed by atoms with van der Waals surface area (Å²) in [6.07, 6.45) is 0.326. The Morgan fingerprint density at radius 2 is 1.64 bits per heavy atom. The van der Waals surface area contributed by atoms with Gasteiger partial charge in [0, 0.05) is 12.1 Å². The molecule has 130 valence electrons. The van der Waals surface area contributed by atoms with Gasteiger partial charge in [-0.05, 0) is 32.6 Å². The van der Waals surface area contributed by atoms with Gasteiger partial charge in [0.25, 0.3) is 0 Å². The van der Waals surface area contributed by atoms with Gasteiger partial charge in [0.05, 0.1) is 18.9 Å². The maximum atomic E-state index is 10.0. The van der Waals surface area contributed by atoms with E-state index in [1.165, 1.54) is 0 Å². The minimum absolute atomic E-state index is 0.0959. The highest BCUT2D eigenvalue weighted by molar-refractivity contribution is 5.75. The highest BCUT2D eigenvalue weighted by Gasteiger charge is 2.38. The molecule has 0 aromatic heterocycles. The van der Waals surface area contributed by atoms with E-state index in [9.17, 15) is 19.8 Å². The summed E-state index contributed by atoms with van der Waals surface area (Å²) in [4.78, 5) is 21.4. The van der Waals surface area contributed by atoms with Crippen molar-refractivity contribution in [3.8, 4) is 0 Å². The SMILES string of the molecule is CC(C)C(O)N1CCC(O)CC1(C)C.O=C(O)CCC(=O)O. The van der Waals surface area contributed by atoms with Gasteiger partial charge in [-0.15, -0.1) is 0 Å². The van der Waals surface area contributed by atoms with E-state index in [0.717, 1.165) is 19.4 Å². The van der Waals surface area contributed by atoms with Gasteiger partial charge in [0.1, 0.15) is 6.23 Å². The molecule has 0 radical (unpaired) electrons. The number of hydrogen-bond acceptors (Lipinski definition) is 5. The summed E-state index contributed by atoms with van der Waals surface area (Å²) in [7, 11) is 0. The summed E-state index contributed by atoms with van der Waals surface area (Å²) in [5.41, 5.74) is -0.0959. The monoisotopic (exact) mass is 319 g/mol. The number of aliphatic carboxylic acids is 2. The molecule has 0 aromatic rings. The first-order valence-corrected chi connectivity index (χ1v) is 7.54. The summed E-state index contributed by atoms with van der Waals surface area (Å²) >= 11 is 0. The van der Waals surface area contributed by atoms with Crippen molar-refractivity contribution in [2.75, 3.05) is 6.54 Å². The van der Waals surface area contributed by atoms with Gasteiger partial charge in [-0.3, -0.25) is 14.5 Å². The smallest absolute Gasteiger partial charge is 0.303 e. The first kappa shape index (κ1) is 20.8. The van der Waals surface area contributed by atoms with Crippen LogP contribution in [0.3, 0.4) is 0 Å². The van der Waals surface area contributed by atoms with E-state index in [-0.39, 0.29) is 30.4 Å². The Morgan fingerprint density at radius 3 is 1.95 bits per heavy atom. The van der Waals surface area contributed by atoms with Gasteiger partial charge in [-0.1, -0.05) is 13.8 Å². The Labute approximate surface area is 131 Å². The van der Waals surface area contributed by atoms with E-state index < -0.39 is 18.2 Å². The third-order valence-corrected chi connectivity index (χ3v) is 3.68. The lowest BCUT2D eigenvalue weighted by Crippen LogP contribution is -2.57. The fraction of sp³-hybridized carbons (Fsp3) is 0.867. The van der Waals surface area contributed by atoms with Gasteiger partial charge in [0.15, 0.2) is 0 Å². The van der Waals surface area contributed by atoms with Crippen molar-refractivity contribution in [3.63, 3.8) is 0 Å². The molecular weight excluding hydrogens is 290 g/mol. The highest BCUT2D eigenvalue weighted by Crippen LogP contribution is 2.30. The maximum absolute atomic E-state index is 10.0. The second-order valence-electron chi connectivity index (χ2n) is 6.60. The van der Waals surface area contributed by atoms with Crippen LogP contribution in [0.5, 0.6) is 0 Å². The number of carboxylic acid groups (broad SMARTS) is 2. The Hall–Kier alpha value is -1.18. The molecule has 0 aromatic carbocycles. The number of piperidine rings is 1. The van der Waals surface area contributed by atoms with Crippen LogP contribution in [-0.4, -0.2) is 61.7 Å². The number of carboxylic acids is 2. The van der Waals surface area contributed by atoms with Crippen molar-refractivity contribution in [1.82, 2.24) is 4.90 Å². The molecule has 2 atom stereocenters. The third kappa shape index (κ3) is 7.72. The molecule has 1 aliphatic rings. The zero-order valence-electron chi connectivity index (χ0n) is 13.8. The molecule has 1 heterocycles. The molecule has 22 heavy (non-hydrogen) atoms. The van der Waals surface area contributed by atoms with Crippen LogP contribution in [0, 0.1) is 5.92 Å². The van der Waals surface area contributed by atoms with Gasteiger partial charge in [-0.25, -0.2) is 0 Å². The summed E-state index contributed by atoms with van der Waals surface area (Å²) < 4.78 is 0. The van der Waals surface area contributed by atoms with Gasteiger partial charge >= 0.3 is 11.9 Å². The number of rotatable bonds is 5. The number of aliphatic hydroxyl groups is 2. The lowest BCUT2D eigenvalue weighted by molar-refractivity contribution is -0.143. The van der Waals surface area contributed by atoms with E-state index in [4.69, 9.17) is 10.2 Å². The Balaban J connectivity index is 0.000000472. The molecule has 0 aliphatic carbocycles. The molecule has 2 unspecified atom stereocenters. The summed E-state index contributed by atoms with van der Waals surface area (Å²) in [5.74, 6) is -1.91. The number of nitrogens with zero attached hydrogens (tertiary/aromatic N) is 1. The Kier molecular flexibility index (Phi) is 8.58. The second kappa shape index (κ2) is 9.07. The van der Waals surface area contributed by atoms with Crippen molar-refractivity contribution in [1.29, 1.82) is 0 Å². The Bertz CT molecular complexity index is 355. The lowest BCUT2D eigenvalue weighted by Gasteiger charge is -2.47. The van der Waals surface area contributed by atoms with Crippen LogP contribution >= 0.6 is 0 Å². The normalized spacial score (nSPS) is 22.6. The van der Waals surface area contributed by atoms with E-state index in [2.05, 4.69) is 18.7 Å². The zero-order chi connectivity index (χ0) is 17.5. The van der Waals surface area contributed by atoms with E-state index >= 15 is 0 Å². The minimum Gasteiger partial charge on any atom is -0.481 e. The fourth-order valence-electron chi connectivity index (χ4n) is 2.45. The molecule has 1 fully saturated rings. The number of hydrogen-bond donors (Lipinski definition) is 4. The number of likely N-dealkylation sites (tertiary alicyclic amines) is 1. The third-order valence-electron chi connectivity index (χ3n) is 3.68. The summed E-state index contributed by atoms with van der Waals surface area (Å²) in [6, 6.07) is 0. The standard InChI is InChI=1S/C11H23NO2.C4H6O4/c1-8(2)10(14)12-6-5-9(13)7-11(12,3)4;5-3(6)1-2-4(7)8/h8-10,13-14H,5-7H2,1-4H3;1-2H2,(H,5,6)(H,7,8). The summed E-state index contributed by atoms with van der Waals surface area (Å²) in [6.45, 7) is 8.99. The molecule has 0 saturated carbocycles. The number of carbonyl (C=O) groups is 2. The van der Waals surface area contributed by atoms with Crippen LogP contribution in [0.2, 0.25) is 0 Å². The average molecular weight is 319 g/mol. The predicted octanol–water partition coefficient (Wildman–Crippen LogP) is 1.13. The topological polar surface area (TPSA) is 118 Å². The minimum atomic E-state index is -1.08. The van der Waals surface area contributed by atoms with E-state index in [1.807, 2.05) is 13.8 Å². The lowest BCUT2D eigenvalue weighted by atomic mass is 9.87. The molecule has 1 aliphatic heterocycles. The first-order chi connectivity index (χ1) is 9.97. The molecule has 0 bridgehead atoms. The van der Waals surface area contributed by atoms with Crippen LogP contribution in [0.1, 0.15) is 53.4 Å². The molecule has 0 spiro atoms. The predicted molar refractivity (Wildman–Crippen MR) is 81.4 cm³/mol. The van der Waals surface area contributed by atoms with Crippen molar-refractivity contribution < 1.29 is 30.0 Å². The van der Waals surface area contributed by atoms with Gasteiger partial charge in [0.2, 0.25) is 0 Å². The highest BCUT2D eigenvalue weighted by atomic mass is 16.4. The Morgan fingerprint density at radius 1 is 1.18 bits per heavy atom. The zero-order valence-corrected chi connectivity index (χ0v) is 13.8. The van der Waals surface area contributed by atoms with E-state index in [0.29, 0.717) is 0 Å². The number of aliphatic hydroxyl groups excluding tert-OH is 2. The van der Waals surface area contributed by atoms with Crippen molar-refractivity contribution >= 4 is 11.9 Å². The average Bonchev–Trinajstić information content (AvgIpc) is 2.35. The van der Waals surface area contributed by atoms with Gasteiger partial charge < -0.3 is 20.4 Å². The van der Waals surface area contributed by atoms with Crippen LogP contribution < -0.4 is 0 Å². The molecule has 1 saturated heterocycles. The molecule has 7 heteroatoms. The van der Waals surface area contributed by atoms with Gasteiger partial charge in [-0.2, -0.15) is 0 Å². The van der Waals surface area contributed by atoms with Crippen LogP contribution in [0.15, 0.2) is 0 Å². The molecule has 4 N–H and O–H groups in total. The van der Waals surface area contributed by atoms with Crippen molar-refractivity contribution in [3.05, 3.63) is 0 Å². The van der Waals surface area contributed by atoms with Crippen LogP contribution in [0.25, 0.3) is 0 Å². The fourth-order valence-corrected chi connectivity index (χ4v) is 2.45. The van der Waals surface area contributed by atoms with Crippen molar-refractivity contribution in [2.24, 2.45) is 5.92 Å². The maximum Gasteiger partial charge on any atom is 0.303 e. The summed E-state index contributed by atoms with van der Waals surface area (Å²) in [5, 5.41) is 35.4. The first-order valence-electron chi connectivity index (χ1n) is 7.54. The molecule has 7 nitrogen and oxygen atoms in total. The van der Waals surface area contributed by atoms with Crippen LogP contribution in [0.4, 0.5) is 0 Å². The molecule has 0 amide bonds. The molecule has 1 rings (SSSR count). The van der Waals surface area contributed by atoms with E-state index in [1.54, 1.807) is 0 Å². The molecular formula is C15H29NO6. The quantitative estimate of drug-likeness (QED) is 0.600. The second-order valence-corrected chi connectivity index (χ2v) is 6.60. The largest absolute Gasteiger partial charge is 0.481 e.